The van der Waals surface area contributed by atoms with Gasteiger partial charge in [0.2, 0.25) is 5.88 Å². The van der Waals surface area contributed by atoms with Gasteiger partial charge in [0.25, 0.3) is 0 Å². The van der Waals surface area contributed by atoms with Gasteiger partial charge < -0.3 is 15.2 Å². The summed E-state index contributed by atoms with van der Waals surface area (Å²) < 4.78 is 24.5. The number of hydrogen-bond acceptors (Lipinski definition) is 4. The maximum Gasteiger partial charge on any atom is 0.219 e. The van der Waals surface area contributed by atoms with E-state index in [0.29, 0.717) is 17.2 Å². The second kappa shape index (κ2) is 6.34. The zero-order valence-corrected chi connectivity index (χ0v) is 11.5. The predicted molar refractivity (Wildman–Crippen MR) is 74.1 cm³/mol. The van der Waals surface area contributed by atoms with Crippen LogP contribution in [0.5, 0.6) is 11.6 Å². The molecule has 20 heavy (non-hydrogen) atoms. The molecule has 2 aromatic rings. The van der Waals surface area contributed by atoms with E-state index in [4.69, 9.17) is 15.2 Å². The third-order valence-electron chi connectivity index (χ3n) is 2.90. The molecule has 2 N–H and O–H groups in total. The minimum absolute atomic E-state index is 0.258. The number of nitrogens with zero attached hydrogens (tertiary/aromatic N) is 1. The second-order valence-electron chi connectivity index (χ2n) is 4.43. The van der Waals surface area contributed by atoms with Gasteiger partial charge in [0, 0.05) is 23.9 Å². The molecule has 5 heteroatoms. The molecule has 0 saturated heterocycles. The lowest BCUT2D eigenvalue weighted by molar-refractivity contribution is 0.292. The Hall–Kier alpha value is -2.14. The van der Waals surface area contributed by atoms with Crippen molar-refractivity contribution in [1.29, 1.82) is 0 Å². The molecule has 1 aromatic heterocycles. The van der Waals surface area contributed by atoms with E-state index in [1.165, 1.54) is 6.07 Å². The van der Waals surface area contributed by atoms with Crippen LogP contribution in [0.2, 0.25) is 0 Å². The highest BCUT2D eigenvalue weighted by Crippen LogP contribution is 2.22. The number of rotatable bonds is 5. The summed E-state index contributed by atoms with van der Waals surface area (Å²) in [7, 11) is 1.54. The van der Waals surface area contributed by atoms with Crippen LogP contribution in [-0.2, 0) is 6.61 Å². The van der Waals surface area contributed by atoms with Crippen molar-refractivity contribution < 1.29 is 13.9 Å². The first-order valence-electron chi connectivity index (χ1n) is 6.27. The van der Waals surface area contributed by atoms with Crippen LogP contribution >= 0.6 is 0 Å². The van der Waals surface area contributed by atoms with Crippen molar-refractivity contribution in [2.45, 2.75) is 19.6 Å². The topological polar surface area (TPSA) is 57.4 Å². The summed E-state index contributed by atoms with van der Waals surface area (Å²) in [4.78, 5) is 4.07. The summed E-state index contributed by atoms with van der Waals surface area (Å²) in [6.07, 6.45) is 1.64. The van der Waals surface area contributed by atoms with E-state index in [2.05, 4.69) is 4.98 Å². The third-order valence-corrected chi connectivity index (χ3v) is 2.90. The summed E-state index contributed by atoms with van der Waals surface area (Å²) in [5.74, 6) is 0.577. The number of hydrogen-bond donors (Lipinski definition) is 1. The molecule has 4 nitrogen and oxygen atoms in total. The Balaban J connectivity index is 2.09. The summed E-state index contributed by atoms with van der Waals surface area (Å²) in [6, 6.07) is 7.96. The zero-order chi connectivity index (χ0) is 14.5. The molecule has 2 rings (SSSR count). The molecule has 0 amide bonds. The van der Waals surface area contributed by atoms with Crippen molar-refractivity contribution in [2.24, 2.45) is 5.73 Å². The summed E-state index contributed by atoms with van der Waals surface area (Å²) in [5.41, 5.74) is 6.93. The van der Waals surface area contributed by atoms with E-state index in [9.17, 15) is 4.39 Å². The number of ether oxygens (including phenoxy) is 2. The molecule has 106 valence electrons. The second-order valence-corrected chi connectivity index (χ2v) is 4.43. The van der Waals surface area contributed by atoms with Gasteiger partial charge in [0.1, 0.15) is 18.2 Å². The molecule has 1 heterocycles. The van der Waals surface area contributed by atoms with Crippen LogP contribution in [-0.4, -0.2) is 12.1 Å². The first-order valence-corrected chi connectivity index (χ1v) is 6.27. The fourth-order valence-corrected chi connectivity index (χ4v) is 1.85. The lowest BCUT2D eigenvalue weighted by Gasteiger charge is -2.11. The van der Waals surface area contributed by atoms with Crippen molar-refractivity contribution in [1.82, 2.24) is 4.98 Å². The van der Waals surface area contributed by atoms with Gasteiger partial charge in [-0.3, -0.25) is 0 Å². The predicted octanol–water partition coefficient (Wildman–Crippen LogP) is 2.83. The number of halogens is 1. The van der Waals surface area contributed by atoms with E-state index >= 15 is 0 Å². The van der Waals surface area contributed by atoms with Crippen LogP contribution in [0, 0.1) is 5.82 Å². The molecule has 1 atom stereocenters. The van der Waals surface area contributed by atoms with Gasteiger partial charge in [0.15, 0.2) is 0 Å². The highest BCUT2D eigenvalue weighted by molar-refractivity contribution is 5.31. The Kier molecular flexibility index (Phi) is 4.53. The molecule has 0 aliphatic carbocycles. The number of nitrogens with two attached hydrogens (primary N) is 1. The molecular formula is C15H17FN2O2. The third kappa shape index (κ3) is 3.24. The highest BCUT2D eigenvalue weighted by atomic mass is 19.1. The average molecular weight is 276 g/mol. The van der Waals surface area contributed by atoms with Crippen molar-refractivity contribution in [3.8, 4) is 11.6 Å². The van der Waals surface area contributed by atoms with E-state index in [0.717, 1.165) is 5.56 Å². The average Bonchev–Trinajstić information content (AvgIpc) is 2.45. The van der Waals surface area contributed by atoms with Crippen LogP contribution in [0.15, 0.2) is 36.5 Å². The lowest BCUT2D eigenvalue weighted by atomic mass is 10.1. The quantitative estimate of drug-likeness (QED) is 0.912. The van der Waals surface area contributed by atoms with Crippen molar-refractivity contribution in [3.63, 3.8) is 0 Å². The molecular weight excluding hydrogens is 259 g/mol. The van der Waals surface area contributed by atoms with Crippen LogP contribution < -0.4 is 15.2 Å². The minimum Gasteiger partial charge on any atom is -0.489 e. The summed E-state index contributed by atoms with van der Waals surface area (Å²) in [6.45, 7) is 1.99. The summed E-state index contributed by atoms with van der Waals surface area (Å²) in [5, 5.41) is 0. The largest absolute Gasteiger partial charge is 0.489 e. The normalized spacial score (nSPS) is 12.0. The first-order chi connectivity index (χ1) is 9.61. The first kappa shape index (κ1) is 14.3. The smallest absolute Gasteiger partial charge is 0.219 e. The van der Waals surface area contributed by atoms with Crippen molar-refractivity contribution in [2.75, 3.05) is 7.11 Å². The fourth-order valence-electron chi connectivity index (χ4n) is 1.85. The van der Waals surface area contributed by atoms with E-state index < -0.39 is 0 Å². The number of benzene rings is 1. The maximum absolute atomic E-state index is 13.8. The van der Waals surface area contributed by atoms with Crippen LogP contribution in [0.25, 0.3) is 0 Å². The standard InChI is InChI=1S/C15H17FN2O2/c1-10(17)13-6-5-12(8-14(13)16)20-9-11-4-3-7-18-15(11)19-2/h3-8,10H,9,17H2,1-2H3. The van der Waals surface area contributed by atoms with Crippen molar-refractivity contribution in [3.05, 3.63) is 53.5 Å². The Labute approximate surface area is 117 Å². The van der Waals surface area contributed by atoms with Gasteiger partial charge >= 0.3 is 0 Å². The molecule has 0 bridgehead atoms. The molecule has 0 aliphatic heterocycles. The van der Waals surface area contributed by atoms with Crippen LogP contribution in [0.1, 0.15) is 24.1 Å². The Morgan fingerprint density at radius 1 is 1.35 bits per heavy atom. The van der Waals surface area contributed by atoms with Gasteiger partial charge in [-0.2, -0.15) is 0 Å². The van der Waals surface area contributed by atoms with Crippen molar-refractivity contribution >= 4 is 0 Å². The number of pyridine rings is 1. The van der Waals surface area contributed by atoms with Gasteiger partial charge in [-0.25, -0.2) is 9.37 Å². The van der Waals surface area contributed by atoms with E-state index in [-0.39, 0.29) is 18.5 Å². The Morgan fingerprint density at radius 3 is 2.80 bits per heavy atom. The highest BCUT2D eigenvalue weighted by Gasteiger charge is 2.09. The molecule has 1 unspecified atom stereocenters. The van der Waals surface area contributed by atoms with Gasteiger partial charge in [-0.15, -0.1) is 0 Å². The van der Waals surface area contributed by atoms with Gasteiger partial charge in [-0.05, 0) is 25.1 Å². The Bertz CT molecular complexity index is 588. The monoisotopic (exact) mass is 276 g/mol. The van der Waals surface area contributed by atoms with Gasteiger partial charge in [-0.1, -0.05) is 6.07 Å². The van der Waals surface area contributed by atoms with Gasteiger partial charge in [0.05, 0.1) is 12.7 Å². The Morgan fingerprint density at radius 2 is 2.15 bits per heavy atom. The summed E-state index contributed by atoms with van der Waals surface area (Å²) >= 11 is 0. The molecule has 0 saturated carbocycles. The molecule has 1 aromatic carbocycles. The maximum atomic E-state index is 13.8. The fraction of sp³-hybridized carbons (Fsp3) is 0.267. The lowest BCUT2D eigenvalue weighted by Crippen LogP contribution is -2.07. The molecule has 0 spiro atoms. The minimum atomic E-state index is -0.365. The van der Waals surface area contributed by atoms with Crippen LogP contribution in [0.4, 0.5) is 4.39 Å². The van der Waals surface area contributed by atoms with E-state index in [1.807, 2.05) is 6.07 Å². The van der Waals surface area contributed by atoms with Crippen LogP contribution in [0.3, 0.4) is 0 Å². The number of aromatic nitrogens is 1. The SMILES string of the molecule is COc1ncccc1COc1ccc(C(C)N)c(F)c1. The molecule has 0 fully saturated rings. The van der Waals surface area contributed by atoms with E-state index in [1.54, 1.807) is 38.4 Å². The number of methoxy groups -OCH3 is 1. The zero-order valence-electron chi connectivity index (χ0n) is 11.5. The molecule has 0 aliphatic rings. The molecule has 0 radical (unpaired) electrons.